The van der Waals surface area contributed by atoms with Crippen LogP contribution in [-0.4, -0.2) is 11.1 Å². The van der Waals surface area contributed by atoms with E-state index in [9.17, 15) is 9.18 Å². The number of halogens is 1. The Hall–Kier alpha value is -1.07. The Morgan fingerprint density at radius 2 is 2.21 bits per heavy atom. The summed E-state index contributed by atoms with van der Waals surface area (Å²) in [5, 5.41) is 9.03. The molecule has 5 heteroatoms. The lowest BCUT2D eigenvalue weighted by Gasteiger charge is -1.90. The number of rotatable bonds is 1. The molecular formula is C9H5FO2S2. The van der Waals surface area contributed by atoms with Crippen molar-refractivity contribution >= 4 is 40.0 Å². The number of hydrogen-bond donors (Lipinski definition) is 2. The molecule has 0 atom stereocenters. The standard InChI is InChI=1S/C9H5FO2S2/c10-7-5-2-1-4(13)3-6(5)14-8(7)9(11)12/h1-3,13H,(H,11,12). The van der Waals surface area contributed by atoms with Crippen LogP contribution in [0.3, 0.4) is 0 Å². The van der Waals surface area contributed by atoms with Crippen molar-refractivity contribution in [2.45, 2.75) is 4.90 Å². The predicted molar refractivity (Wildman–Crippen MR) is 56.0 cm³/mol. The van der Waals surface area contributed by atoms with Gasteiger partial charge in [-0.1, -0.05) is 0 Å². The second-order valence-electron chi connectivity index (χ2n) is 2.73. The summed E-state index contributed by atoms with van der Waals surface area (Å²) < 4.78 is 14.0. The van der Waals surface area contributed by atoms with Crippen LogP contribution in [-0.2, 0) is 0 Å². The minimum absolute atomic E-state index is 0.251. The van der Waals surface area contributed by atoms with Crippen LogP contribution in [0.15, 0.2) is 23.1 Å². The van der Waals surface area contributed by atoms with Gasteiger partial charge in [0.1, 0.15) is 4.88 Å². The van der Waals surface area contributed by atoms with Gasteiger partial charge in [-0.3, -0.25) is 0 Å². The zero-order valence-electron chi connectivity index (χ0n) is 6.82. The molecule has 0 fully saturated rings. The summed E-state index contributed by atoms with van der Waals surface area (Å²) in [5.41, 5.74) is 0. The predicted octanol–water partition coefficient (Wildman–Crippen LogP) is 3.03. The van der Waals surface area contributed by atoms with Gasteiger partial charge in [0.25, 0.3) is 0 Å². The Balaban J connectivity index is 2.79. The number of carboxylic acids is 1. The number of carboxylic acid groups (broad SMARTS) is 1. The van der Waals surface area contributed by atoms with E-state index in [-0.39, 0.29) is 4.88 Å². The highest BCUT2D eigenvalue weighted by Crippen LogP contribution is 2.31. The van der Waals surface area contributed by atoms with Crippen molar-refractivity contribution in [3.63, 3.8) is 0 Å². The Labute approximate surface area is 88.4 Å². The summed E-state index contributed by atoms with van der Waals surface area (Å²) in [7, 11) is 0. The van der Waals surface area contributed by atoms with E-state index in [0.717, 1.165) is 11.3 Å². The van der Waals surface area contributed by atoms with Gasteiger partial charge in [0.15, 0.2) is 5.82 Å². The smallest absolute Gasteiger partial charge is 0.348 e. The number of fused-ring (bicyclic) bond motifs is 1. The molecule has 1 heterocycles. The number of hydrogen-bond acceptors (Lipinski definition) is 3. The number of thiophene rings is 1. The molecule has 0 unspecified atom stereocenters. The number of benzene rings is 1. The molecule has 1 aromatic heterocycles. The molecule has 0 amide bonds. The number of carbonyl (C=O) groups is 1. The fourth-order valence-electron chi connectivity index (χ4n) is 1.19. The Morgan fingerprint density at radius 1 is 1.50 bits per heavy atom. The molecule has 0 saturated heterocycles. The van der Waals surface area contributed by atoms with Crippen LogP contribution in [0.1, 0.15) is 9.67 Å². The largest absolute Gasteiger partial charge is 0.477 e. The van der Waals surface area contributed by atoms with E-state index in [1.165, 1.54) is 6.07 Å². The van der Waals surface area contributed by atoms with E-state index < -0.39 is 11.8 Å². The van der Waals surface area contributed by atoms with Crippen LogP contribution >= 0.6 is 24.0 Å². The number of thiol groups is 1. The first-order valence-electron chi connectivity index (χ1n) is 3.74. The third-order valence-electron chi connectivity index (χ3n) is 1.81. The minimum Gasteiger partial charge on any atom is -0.477 e. The lowest BCUT2D eigenvalue weighted by Crippen LogP contribution is -1.94. The van der Waals surface area contributed by atoms with E-state index in [1.807, 2.05) is 0 Å². The second-order valence-corrected chi connectivity index (χ2v) is 4.30. The van der Waals surface area contributed by atoms with Crippen molar-refractivity contribution in [3.8, 4) is 0 Å². The van der Waals surface area contributed by atoms with Crippen molar-refractivity contribution < 1.29 is 14.3 Å². The highest BCUT2D eigenvalue weighted by molar-refractivity contribution is 7.80. The minimum atomic E-state index is -1.23. The maximum Gasteiger partial charge on any atom is 0.348 e. The van der Waals surface area contributed by atoms with Crippen LogP contribution in [0.2, 0.25) is 0 Å². The van der Waals surface area contributed by atoms with Gasteiger partial charge >= 0.3 is 5.97 Å². The summed E-state index contributed by atoms with van der Waals surface area (Å²) in [6, 6.07) is 4.82. The second kappa shape index (κ2) is 3.25. The van der Waals surface area contributed by atoms with Gasteiger partial charge in [-0.05, 0) is 18.2 Å². The van der Waals surface area contributed by atoms with Crippen molar-refractivity contribution in [1.82, 2.24) is 0 Å². The average Bonchev–Trinajstić information content (AvgIpc) is 2.43. The van der Waals surface area contributed by atoms with Gasteiger partial charge in [0, 0.05) is 15.0 Å². The average molecular weight is 228 g/mol. The van der Waals surface area contributed by atoms with Gasteiger partial charge < -0.3 is 5.11 Å². The van der Waals surface area contributed by atoms with E-state index in [4.69, 9.17) is 5.11 Å². The molecular weight excluding hydrogens is 223 g/mol. The first kappa shape index (κ1) is 9.48. The monoisotopic (exact) mass is 228 g/mol. The van der Waals surface area contributed by atoms with Crippen LogP contribution in [0.5, 0.6) is 0 Å². The molecule has 0 saturated carbocycles. The van der Waals surface area contributed by atoms with Gasteiger partial charge in [0.2, 0.25) is 0 Å². The SMILES string of the molecule is O=C(O)c1sc2cc(S)ccc2c1F. The molecule has 2 nitrogen and oxygen atoms in total. The molecule has 2 aromatic rings. The van der Waals surface area contributed by atoms with Crippen LogP contribution in [0.25, 0.3) is 10.1 Å². The fourth-order valence-corrected chi connectivity index (χ4v) is 2.44. The first-order valence-corrected chi connectivity index (χ1v) is 5.00. The van der Waals surface area contributed by atoms with Gasteiger partial charge in [-0.25, -0.2) is 9.18 Å². The zero-order valence-corrected chi connectivity index (χ0v) is 8.53. The highest BCUT2D eigenvalue weighted by Gasteiger charge is 2.17. The summed E-state index contributed by atoms with van der Waals surface area (Å²) in [5.74, 6) is -1.89. The number of aromatic carboxylic acids is 1. The zero-order chi connectivity index (χ0) is 10.3. The molecule has 2 rings (SSSR count). The molecule has 0 spiro atoms. The highest BCUT2D eigenvalue weighted by atomic mass is 32.1. The maximum absolute atomic E-state index is 13.4. The van der Waals surface area contributed by atoms with E-state index in [1.54, 1.807) is 12.1 Å². The molecule has 14 heavy (non-hydrogen) atoms. The first-order chi connectivity index (χ1) is 6.59. The lowest BCUT2D eigenvalue weighted by molar-refractivity contribution is 0.0698. The molecule has 0 aliphatic carbocycles. The summed E-state index contributed by atoms with van der Waals surface area (Å²) in [6.45, 7) is 0. The lowest BCUT2D eigenvalue weighted by atomic mass is 10.2. The topological polar surface area (TPSA) is 37.3 Å². The Morgan fingerprint density at radius 3 is 2.86 bits per heavy atom. The van der Waals surface area contributed by atoms with E-state index in [0.29, 0.717) is 15.0 Å². The van der Waals surface area contributed by atoms with Crippen molar-refractivity contribution in [3.05, 3.63) is 28.9 Å². The summed E-state index contributed by atoms with van der Waals surface area (Å²) in [4.78, 5) is 11.1. The third-order valence-corrected chi connectivity index (χ3v) is 3.20. The van der Waals surface area contributed by atoms with Crippen molar-refractivity contribution in [2.24, 2.45) is 0 Å². The molecule has 1 aromatic carbocycles. The van der Waals surface area contributed by atoms with Crippen LogP contribution in [0.4, 0.5) is 4.39 Å². The van der Waals surface area contributed by atoms with Gasteiger partial charge in [-0.15, -0.1) is 24.0 Å². The summed E-state index contributed by atoms with van der Waals surface area (Å²) in [6.07, 6.45) is 0. The maximum atomic E-state index is 13.4. The van der Waals surface area contributed by atoms with E-state index in [2.05, 4.69) is 12.6 Å². The molecule has 0 aliphatic rings. The van der Waals surface area contributed by atoms with Crippen LogP contribution in [0, 0.1) is 5.82 Å². The summed E-state index contributed by atoms with van der Waals surface area (Å²) >= 11 is 5.02. The molecule has 0 bridgehead atoms. The van der Waals surface area contributed by atoms with Gasteiger partial charge in [0.05, 0.1) is 0 Å². The normalized spacial score (nSPS) is 10.7. The van der Waals surface area contributed by atoms with Crippen LogP contribution < -0.4 is 0 Å². The van der Waals surface area contributed by atoms with Gasteiger partial charge in [-0.2, -0.15) is 0 Å². The van der Waals surface area contributed by atoms with E-state index >= 15 is 0 Å². The molecule has 1 N–H and O–H groups in total. The Kier molecular flexibility index (Phi) is 2.20. The molecule has 0 radical (unpaired) electrons. The van der Waals surface area contributed by atoms with Crippen molar-refractivity contribution in [2.75, 3.05) is 0 Å². The molecule has 0 aliphatic heterocycles. The van der Waals surface area contributed by atoms with Crippen molar-refractivity contribution in [1.29, 1.82) is 0 Å². The quantitative estimate of drug-likeness (QED) is 0.736. The molecule has 72 valence electrons. The third kappa shape index (κ3) is 1.38. The fraction of sp³-hybridized carbons (Fsp3) is 0. The Bertz CT molecular complexity index is 519.